The number of guanidine groups is 1. The number of fused-ring (bicyclic) bond motifs is 1. The molecule has 0 aliphatic carbocycles. The van der Waals surface area contributed by atoms with Gasteiger partial charge in [0.05, 0.1) is 16.8 Å². The van der Waals surface area contributed by atoms with Crippen molar-refractivity contribution in [1.82, 2.24) is 15.6 Å². The van der Waals surface area contributed by atoms with Crippen molar-refractivity contribution in [2.75, 3.05) is 31.5 Å². The Labute approximate surface area is 129 Å². The summed E-state index contributed by atoms with van der Waals surface area (Å²) in [4.78, 5) is 9.01. The highest BCUT2D eigenvalue weighted by Gasteiger charge is 2.01. The summed E-state index contributed by atoms with van der Waals surface area (Å²) in [7, 11) is 0. The minimum atomic E-state index is 0.683. The van der Waals surface area contributed by atoms with Gasteiger partial charge in [-0.1, -0.05) is 29.5 Å². The van der Waals surface area contributed by atoms with Crippen LogP contribution in [-0.2, 0) is 0 Å². The highest BCUT2D eigenvalue weighted by atomic mass is 32.1. The van der Waals surface area contributed by atoms with Gasteiger partial charge in [-0.3, -0.25) is 4.99 Å². The average Bonchev–Trinajstić information content (AvgIpc) is 2.91. The number of para-hydroxylation sites is 1. The van der Waals surface area contributed by atoms with Crippen LogP contribution < -0.4 is 16.0 Å². The SMILES string of the molecule is C=CCNC(=NCCNc1nc2ccccc2s1)NCC. The van der Waals surface area contributed by atoms with Crippen LogP contribution >= 0.6 is 11.3 Å². The van der Waals surface area contributed by atoms with Crippen LogP contribution in [-0.4, -0.2) is 37.1 Å². The molecular formula is C15H21N5S. The van der Waals surface area contributed by atoms with Crippen molar-refractivity contribution >= 4 is 32.6 Å². The van der Waals surface area contributed by atoms with Crippen molar-refractivity contribution < 1.29 is 0 Å². The number of rotatable bonds is 7. The number of nitrogens with zero attached hydrogens (tertiary/aromatic N) is 2. The van der Waals surface area contributed by atoms with Crippen LogP contribution in [0.15, 0.2) is 41.9 Å². The Morgan fingerprint density at radius 3 is 3.00 bits per heavy atom. The Bertz CT molecular complexity index is 572. The van der Waals surface area contributed by atoms with Crippen molar-refractivity contribution in [2.45, 2.75) is 6.92 Å². The summed E-state index contributed by atoms with van der Waals surface area (Å²) in [5.74, 6) is 0.809. The lowest BCUT2D eigenvalue weighted by molar-refractivity contribution is 0.860. The Hall–Kier alpha value is -2.08. The minimum Gasteiger partial charge on any atom is -0.360 e. The molecule has 5 nitrogen and oxygen atoms in total. The van der Waals surface area contributed by atoms with Crippen molar-refractivity contribution in [3.63, 3.8) is 0 Å². The van der Waals surface area contributed by atoms with Crippen LogP contribution in [0.4, 0.5) is 5.13 Å². The summed E-state index contributed by atoms with van der Waals surface area (Å²) < 4.78 is 1.20. The molecule has 0 unspecified atom stereocenters. The van der Waals surface area contributed by atoms with E-state index in [2.05, 4.69) is 38.6 Å². The van der Waals surface area contributed by atoms with E-state index in [0.29, 0.717) is 13.1 Å². The molecule has 0 bridgehead atoms. The Kier molecular flexibility index (Phi) is 6.02. The number of aromatic nitrogens is 1. The molecule has 1 aromatic carbocycles. The number of thiazole rings is 1. The topological polar surface area (TPSA) is 61.3 Å². The number of benzene rings is 1. The van der Waals surface area contributed by atoms with Gasteiger partial charge in [0.1, 0.15) is 0 Å². The fraction of sp³-hybridized carbons (Fsp3) is 0.333. The maximum absolute atomic E-state index is 4.53. The van der Waals surface area contributed by atoms with Crippen molar-refractivity contribution in [3.8, 4) is 0 Å². The smallest absolute Gasteiger partial charge is 0.191 e. The molecule has 1 aromatic heterocycles. The van der Waals surface area contributed by atoms with Crippen LogP contribution in [0.5, 0.6) is 0 Å². The summed E-state index contributed by atoms with van der Waals surface area (Å²) in [6.45, 7) is 8.72. The van der Waals surface area contributed by atoms with Gasteiger partial charge in [-0.05, 0) is 19.1 Å². The van der Waals surface area contributed by atoms with Gasteiger partial charge >= 0.3 is 0 Å². The first-order chi connectivity index (χ1) is 10.3. The van der Waals surface area contributed by atoms with Gasteiger partial charge in [-0.15, -0.1) is 6.58 Å². The largest absolute Gasteiger partial charge is 0.360 e. The second-order valence-electron chi connectivity index (χ2n) is 4.34. The second-order valence-corrected chi connectivity index (χ2v) is 5.37. The molecule has 3 N–H and O–H groups in total. The lowest BCUT2D eigenvalue weighted by atomic mass is 10.3. The van der Waals surface area contributed by atoms with E-state index >= 15 is 0 Å². The second kappa shape index (κ2) is 8.26. The standard InChI is InChI=1S/C15H21N5S/c1-3-9-17-14(16-4-2)18-10-11-19-15-20-12-7-5-6-8-13(12)21-15/h3,5-8H,1,4,9-11H2,2H3,(H,19,20)(H2,16,17,18). The first kappa shape index (κ1) is 15.3. The summed E-state index contributed by atoms with van der Waals surface area (Å²) in [5, 5.41) is 10.6. The van der Waals surface area contributed by atoms with E-state index in [4.69, 9.17) is 0 Å². The van der Waals surface area contributed by atoms with Gasteiger partial charge in [0.15, 0.2) is 11.1 Å². The molecule has 1 heterocycles. The van der Waals surface area contributed by atoms with Crippen LogP contribution in [0.1, 0.15) is 6.92 Å². The van der Waals surface area contributed by atoms with E-state index in [1.54, 1.807) is 11.3 Å². The quantitative estimate of drug-likeness (QED) is 0.318. The molecule has 0 aliphatic rings. The zero-order chi connectivity index (χ0) is 14.9. The van der Waals surface area contributed by atoms with Gasteiger partial charge < -0.3 is 16.0 Å². The highest BCUT2D eigenvalue weighted by Crippen LogP contribution is 2.24. The fourth-order valence-electron chi connectivity index (χ4n) is 1.79. The minimum absolute atomic E-state index is 0.683. The van der Waals surface area contributed by atoms with Crippen LogP contribution in [0, 0.1) is 0 Å². The first-order valence-corrected chi connectivity index (χ1v) is 7.87. The maximum Gasteiger partial charge on any atom is 0.191 e. The molecule has 0 amide bonds. The predicted molar refractivity (Wildman–Crippen MR) is 92.3 cm³/mol. The molecule has 0 saturated heterocycles. The van der Waals surface area contributed by atoms with E-state index in [1.165, 1.54) is 4.70 Å². The molecule has 21 heavy (non-hydrogen) atoms. The number of nitrogens with one attached hydrogen (secondary N) is 3. The van der Waals surface area contributed by atoms with Crippen molar-refractivity contribution in [3.05, 3.63) is 36.9 Å². The monoisotopic (exact) mass is 303 g/mol. The lowest BCUT2D eigenvalue weighted by Crippen LogP contribution is -2.37. The van der Waals surface area contributed by atoms with E-state index in [9.17, 15) is 0 Å². The number of hydrogen-bond donors (Lipinski definition) is 3. The summed E-state index contributed by atoms with van der Waals surface area (Å²) in [6.07, 6.45) is 1.81. The number of aliphatic imine (C=N–C) groups is 1. The molecule has 0 aliphatic heterocycles. The van der Waals surface area contributed by atoms with Crippen LogP contribution in [0.25, 0.3) is 10.2 Å². The maximum atomic E-state index is 4.53. The summed E-state index contributed by atoms with van der Waals surface area (Å²) in [6, 6.07) is 8.14. The fourth-order valence-corrected chi connectivity index (χ4v) is 2.68. The third kappa shape index (κ3) is 4.75. The molecule has 6 heteroatoms. The van der Waals surface area contributed by atoms with Crippen LogP contribution in [0.2, 0.25) is 0 Å². The van der Waals surface area contributed by atoms with Gasteiger partial charge in [0.25, 0.3) is 0 Å². The third-order valence-electron chi connectivity index (χ3n) is 2.71. The molecule has 2 rings (SSSR count). The van der Waals surface area contributed by atoms with Gasteiger partial charge in [0.2, 0.25) is 0 Å². The molecule has 2 aromatic rings. The van der Waals surface area contributed by atoms with E-state index in [1.807, 2.05) is 31.2 Å². The molecule has 0 fully saturated rings. The third-order valence-corrected chi connectivity index (χ3v) is 3.70. The number of anilines is 1. The van der Waals surface area contributed by atoms with Gasteiger partial charge in [0, 0.05) is 19.6 Å². The van der Waals surface area contributed by atoms with E-state index < -0.39 is 0 Å². The molecule has 112 valence electrons. The summed E-state index contributed by atoms with van der Waals surface area (Å²) in [5.41, 5.74) is 1.04. The zero-order valence-electron chi connectivity index (χ0n) is 12.2. The Morgan fingerprint density at radius 1 is 1.38 bits per heavy atom. The molecule has 0 saturated carbocycles. The number of hydrogen-bond acceptors (Lipinski definition) is 4. The van der Waals surface area contributed by atoms with Crippen LogP contribution in [0.3, 0.4) is 0 Å². The van der Waals surface area contributed by atoms with Crippen molar-refractivity contribution in [1.29, 1.82) is 0 Å². The van der Waals surface area contributed by atoms with E-state index in [-0.39, 0.29) is 0 Å². The Balaban J connectivity index is 1.83. The first-order valence-electron chi connectivity index (χ1n) is 7.06. The molecular weight excluding hydrogens is 282 g/mol. The lowest BCUT2D eigenvalue weighted by Gasteiger charge is -2.09. The van der Waals surface area contributed by atoms with Gasteiger partial charge in [-0.2, -0.15) is 0 Å². The van der Waals surface area contributed by atoms with Gasteiger partial charge in [-0.25, -0.2) is 4.98 Å². The predicted octanol–water partition coefficient (Wildman–Crippen LogP) is 2.45. The van der Waals surface area contributed by atoms with E-state index in [0.717, 1.165) is 29.7 Å². The normalized spacial score (nSPS) is 11.4. The highest BCUT2D eigenvalue weighted by molar-refractivity contribution is 7.22. The molecule has 0 radical (unpaired) electrons. The zero-order valence-corrected chi connectivity index (χ0v) is 13.0. The van der Waals surface area contributed by atoms with Crippen molar-refractivity contribution in [2.24, 2.45) is 4.99 Å². The average molecular weight is 303 g/mol. The molecule has 0 atom stereocenters. The summed E-state index contributed by atoms with van der Waals surface area (Å²) >= 11 is 1.67. The molecule has 0 spiro atoms. The Morgan fingerprint density at radius 2 is 2.24 bits per heavy atom.